The maximum atomic E-state index is 13.0. The van der Waals surface area contributed by atoms with Crippen LogP contribution in [0.15, 0.2) is 83.8 Å². The lowest BCUT2D eigenvalue weighted by atomic mass is 9.77. The molecule has 3 aromatic carbocycles. The Morgan fingerprint density at radius 1 is 1.06 bits per heavy atom. The van der Waals surface area contributed by atoms with Gasteiger partial charge in [-0.05, 0) is 53.8 Å². The minimum Gasteiger partial charge on any atom is -0.378 e. The van der Waals surface area contributed by atoms with E-state index in [-0.39, 0.29) is 28.5 Å². The van der Waals surface area contributed by atoms with Crippen molar-refractivity contribution in [3.63, 3.8) is 0 Å². The van der Waals surface area contributed by atoms with Crippen LogP contribution in [0.3, 0.4) is 0 Å². The van der Waals surface area contributed by atoms with Gasteiger partial charge in [-0.25, -0.2) is 8.42 Å². The number of halogens is 1. The van der Waals surface area contributed by atoms with Gasteiger partial charge >= 0.3 is 0 Å². The molecule has 3 atom stereocenters. The number of non-ortho nitro benzene ring substituents is 1. The fraction of sp³-hybridized carbons (Fsp3) is 0.167. The van der Waals surface area contributed by atoms with E-state index in [4.69, 9.17) is 11.6 Å². The van der Waals surface area contributed by atoms with Crippen molar-refractivity contribution in [3.05, 3.63) is 105 Å². The highest BCUT2D eigenvalue weighted by Crippen LogP contribution is 2.50. The van der Waals surface area contributed by atoms with Gasteiger partial charge in [0.25, 0.3) is 15.7 Å². The number of hydrogen-bond donors (Lipinski definition) is 2. The Hall–Kier alpha value is -3.36. The number of nitrogens with zero attached hydrogens (tertiary/aromatic N) is 1. The molecule has 7 nitrogen and oxygen atoms in total. The van der Waals surface area contributed by atoms with Gasteiger partial charge in [-0.1, -0.05) is 48.0 Å². The van der Waals surface area contributed by atoms with Gasteiger partial charge in [0.2, 0.25) is 0 Å². The molecule has 0 spiro atoms. The van der Waals surface area contributed by atoms with E-state index >= 15 is 0 Å². The molecule has 0 bridgehead atoms. The number of rotatable bonds is 5. The third-order valence-corrected chi connectivity index (χ3v) is 7.90. The molecule has 0 unspecified atom stereocenters. The topological polar surface area (TPSA) is 101 Å². The minimum atomic E-state index is -3.84. The first-order chi connectivity index (χ1) is 15.8. The summed E-state index contributed by atoms with van der Waals surface area (Å²) in [6.45, 7) is 0. The summed E-state index contributed by atoms with van der Waals surface area (Å²) in [5.41, 5.74) is 2.91. The van der Waals surface area contributed by atoms with E-state index < -0.39 is 14.9 Å². The number of nitro groups is 1. The third kappa shape index (κ3) is 3.96. The maximum absolute atomic E-state index is 13.0. The number of para-hydroxylation sites is 1. The fourth-order valence-electron chi connectivity index (χ4n) is 4.65. The average Bonchev–Trinajstić information content (AvgIpc) is 3.30. The van der Waals surface area contributed by atoms with Crippen LogP contribution < -0.4 is 10.0 Å². The van der Waals surface area contributed by atoms with Crippen LogP contribution in [0.5, 0.6) is 0 Å². The number of nitro benzene ring substituents is 1. The molecule has 1 aliphatic heterocycles. The average molecular weight is 482 g/mol. The Morgan fingerprint density at radius 3 is 2.67 bits per heavy atom. The molecule has 9 heteroatoms. The van der Waals surface area contributed by atoms with Crippen LogP contribution in [0.25, 0.3) is 0 Å². The molecule has 168 valence electrons. The molecule has 1 aliphatic carbocycles. The summed E-state index contributed by atoms with van der Waals surface area (Å²) in [4.78, 5) is 11.0. The Labute approximate surface area is 196 Å². The van der Waals surface area contributed by atoms with Gasteiger partial charge in [0.1, 0.15) is 0 Å². The lowest BCUT2D eigenvalue weighted by Crippen LogP contribution is -2.29. The van der Waals surface area contributed by atoms with E-state index in [2.05, 4.69) is 22.2 Å². The van der Waals surface area contributed by atoms with E-state index in [1.165, 1.54) is 6.07 Å². The second-order valence-corrected chi connectivity index (χ2v) is 10.3. The molecule has 0 fully saturated rings. The Bertz CT molecular complexity index is 1390. The van der Waals surface area contributed by atoms with Crippen molar-refractivity contribution >= 4 is 38.7 Å². The first kappa shape index (κ1) is 21.5. The van der Waals surface area contributed by atoms with Crippen molar-refractivity contribution < 1.29 is 13.3 Å². The van der Waals surface area contributed by atoms with Crippen molar-refractivity contribution in [2.75, 3.05) is 10.0 Å². The minimum absolute atomic E-state index is 0.000903. The molecular weight excluding hydrogens is 462 g/mol. The van der Waals surface area contributed by atoms with Crippen molar-refractivity contribution in [1.29, 1.82) is 0 Å². The van der Waals surface area contributed by atoms with E-state index in [9.17, 15) is 18.5 Å². The van der Waals surface area contributed by atoms with E-state index in [0.29, 0.717) is 10.7 Å². The quantitative estimate of drug-likeness (QED) is 0.269. The number of fused-ring (bicyclic) bond motifs is 3. The molecule has 0 aromatic heterocycles. The number of nitrogens with one attached hydrogen (secondary N) is 2. The summed E-state index contributed by atoms with van der Waals surface area (Å²) in [7, 11) is -3.84. The summed E-state index contributed by atoms with van der Waals surface area (Å²) < 4.78 is 28.7. The second-order valence-electron chi connectivity index (χ2n) is 8.16. The number of allylic oxidation sites excluding steroid dienone is 2. The standard InChI is InChI=1S/C24H20ClN3O4S/c25-21-9-1-2-10-23(21)27-33(31,32)17-11-12-22-20(14-17)18-7-4-8-19(18)24(26-22)15-5-3-6-16(13-15)28(29)30/h1-7,9-14,18-19,24,26-27H,8H2/t18-,19+,24+/m0/s1. The predicted octanol–water partition coefficient (Wildman–Crippen LogP) is 5.88. The normalized spacial score (nSPS) is 21.1. The highest BCUT2D eigenvalue weighted by atomic mass is 35.5. The Kier molecular flexibility index (Phi) is 5.34. The highest BCUT2D eigenvalue weighted by molar-refractivity contribution is 7.92. The third-order valence-electron chi connectivity index (χ3n) is 6.20. The molecule has 2 N–H and O–H groups in total. The summed E-state index contributed by atoms with van der Waals surface area (Å²) in [5.74, 6) is 0.120. The molecular formula is C24H20ClN3O4S. The van der Waals surface area contributed by atoms with Crippen molar-refractivity contribution in [2.24, 2.45) is 5.92 Å². The zero-order chi connectivity index (χ0) is 23.2. The number of sulfonamides is 1. The highest BCUT2D eigenvalue weighted by Gasteiger charge is 2.38. The molecule has 0 saturated heterocycles. The van der Waals surface area contributed by atoms with Crippen LogP contribution in [0.2, 0.25) is 5.02 Å². The summed E-state index contributed by atoms with van der Waals surface area (Å²) in [6, 6.07) is 18.2. The van der Waals surface area contributed by atoms with Gasteiger partial charge in [0.15, 0.2) is 0 Å². The van der Waals surface area contributed by atoms with Crippen molar-refractivity contribution in [1.82, 2.24) is 0 Å². The first-order valence-electron chi connectivity index (χ1n) is 10.4. The Morgan fingerprint density at radius 2 is 1.88 bits per heavy atom. The van der Waals surface area contributed by atoms with Crippen LogP contribution in [0.1, 0.15) is 29.5 Å². The largest absolute Gasteiger partial charge is 0.378 e. The van der Waals surface area contributed by atoms with Crippen LogP contribution in [0.4, 0.5) is 17.1 Å². The van der Waals surface area contributed by atoms with Crippen LogP contribution in [-0.4, -0.2) is 13.3 Å². The molecule has 33 heavy (non-hydrogen) atoms. The van der Waals surface area contributed by atoms with E-state index in [1.807, 2.05) is 6.07 Å². The Balaban J connectivity index is 1.50. The van der Waals surface area contributed by atoms with Gasteiger partial charge in [0, 0.05) is 23.7 Å². The van der Waals surface area contributed by atoms with Crippen LogP contribution in [-0.2, 0) is 10.0 Å². The zero-order valence-electron chi connectivity index (χ0n) is 17.3. The molecule has 5 rings (SSSR count). The molecule has 2 aliphatic rings. The fourth-order valence-corrected chi connectivity index (χ4v) is 6.00. The molecule has 0 amide bonds. The molecule has 0 saturated carbocycles. The predicted molar refractivity (Wildman–Crippen MR) is 128 cm³/mol. The molecule has 3 aromatic rings. The van der Waals surface area contributed by atoms with Gasteiger partial charge in [-0.2, -0.15) is 0 Å². The summed E-state index contributed by atoms with van der Waals surface area (Å²) in [5, 5.41) is 15.1. The maximum Gasteiger partial charge on any atom is 0.269 e. The smallest absolute Gasteiger partial charge is 0.269 e. The zero-order valence-corrected chi connectivity index (χ0v) is 18.9. The van der Waals surface area contributed by atoms with Gasteiger partial charge in [0.05, 0.1) is 26.6 Å². The van der Waals surface area contributed by atoms with Gasteiger partial charge in [-0.3, -0.25) is 14.8 Å². The van der Waals surface area contributed by atoms with E-state index in [1.54, 1.807) is 54.6 Å². The second kappa shape index (κ2) is 8.20. The number of hydrogen-bond acceptors (Lipinski definition) is 5. The summed E-state index contributed by atoms with van der Waals surface area (Å²) in [6.07, 6.45) is 4.96. The molecule has 0 radical (unpaired) electrons. The van der Waals surface area contributed by atoms with Crippen molar-refractivity contribution in [3.8, 4) is 0 Å². The van der Waals surface area contributed by atoms with E-state index in [0.717, 1.165) is 23.2 Å². The lowest BCUT2D eigenvalue weighted by Gasteiger charge is -2.37. The monoisotopic (exact) mass is 481 g/mol. The first-order valence-corrected chi connectivity index (χ1v) is 12.3. The van der Waals surface area contributed by atoms with Gasteiger partial charge < -0.3 is 5.32 Å². The van der Waals surface area contributed by atoms with Gasteiger partial charge in [-0.15, -0.1) is 0 Å². The molecule has 1 heterocycles. The summed E-state index contributed by atoms with van der Waals surface area (Å²) >= 11 is 6.12. The lowest BCUT2D eigenvalue weighted by molar-refractivity contribution is -0.384. The SMILES string of the molecule is O=[N+]([O-])c1cccc([C@H]2Nc3ccc(S(=O)(=O)Nc4ccccc4Cl)cc3[C@H]3C=CC[C@H]32)c1. The van der Waals surface area contributed by atoms with Crippen LogP contribution in [0, 0.1) is 16.0 Å². The van der Waals surface area contributed by atoms with Crippen LogP contribution >= 0.6 is 11.6 Å². The number of anilines is 2. The van der Waals surface area contributed by atoms with Crippen molar-refractivity contribution in [2.45, 2.75) is 23.3 Å². The number of benzene rings is 3.